The van der Waals surface area contributed by atoms with Crippen LogP contribution in [0.5, 0.6) is 0 Å². The lowest BCUT2D eigenvalue weighted by molar-refractivity contribution is -0.176. The Kier molecular flexibility index (Phi) is 13.1. The van der Waals surface area contributed by atoms with Crippen LogP contribution in [0.15, 0.2) is 121 Å². The molecule has 0 spiro atoms. The van der Waals surface area contributed by atoms with E-state index in [-0.39, 0.29) is 24.7 Å². The summed E-state index contributed by atoms with van der Waals surface area (Å²) in [5.74, 6) is -4.06. The lowest BCUT2D eigenvalue weighted by Gasteiger charge is -2.33. The zero-order chi connectivity index (χ0) is 43.3. The number of aromatic amines is 2. The number of hydrogen-bond donors (Lipinski definition) is 4. The minimum atomic E-state index is -1.18. The summed E-state index contributed by atoms with van der Waals surface area (Å²) >= 11 is 0. The molecule has 4 aromatic carbocycles. The number of H-pyrrole nitrogens is 2. The number of carbonyl (C=O) groups excluding carboxylic acids is 4. The summed E-state index contributed by atoms with van der Waals surface area (Å²) in [6.07, 6.45) is -3.31. The smallest absolute Gasteiger partial charge is 0.329 e. The van der Waals surface area contributed by atoms with Crippen molar-refractivity contribution in [2.24, 2.45) is 11.8 Å². The van der Waals surface area contributed by atoms with Gasteiger partial charge in [0, 0.05) is 34.6 Å². The van der Waals surface area contributed by atoms with Crippen LogP contribution >= 0.6 is 0 Å². The fourth-order valence-corrected chi connectivity index (χ4v) is 7.80. The van der Waals surface area contributed by atoms with Gasteiger partial charge in [0.25, 0.3) is 11.8 Å². The lowest BCUT2D eigenvalue weighted by atomic mass is 9.93. The summed E-state index contributed by atoms with van der Waals surface area (Å²) < 4.78 is 26.1. The van der Waals surface area contributed by atoms with Crippen molar-refractivity contribution in [3.63, 3.8) is 0 Å². The molecule has 6 atom stereocenters. The second-order valence-corrected chi connectivity index (χ2v) is 16.8. The molecule has 0 saturated carbocycles. The van der Waals surface area contributed by atoms with Crippen LogP contribution in [0.1, 0.15) is 73.6 Å². The maximum Gasteiger partial charge on any atom is 0.329 e. The average Bonchev–Trinajstić information content (AvgIpc) is 3.97. The first-order valence-electron chi connectivity index (χ1n) is 20.9. The third kappa shape index (κ3) is 10.4. The molecule has 3 heterocycles. The molecule has 0 aliphatic carbocycles. The lowest BCUT2D eigenvalue weighted by Crippen LogP contribution is -2.52. The van der Waals surface area contributed by atoms with Gasteiger partial charge in [0.05, 0.1) is 0 Å². The van der Waals surface area contributed by atoms with Crippen LogP contribution in [0.3, 0.4) is 0 Å². The van der Waals surface area contributed by atoms with Crippen molar-refractivity contribution < 1.29 is 38.1 Å². The van der Waals surface area contributed by atoms with E-state index in [1.165, 1.54) is 0 Å². The fourth-order valence-electron chi connectivity index (χ4n) is 7.80. The molecule has 12 nitrogen and oxygen atoms in total. The minimum absolute atomic E-state index is 0.231. The predicted octanol–water partition coefficient (Wildman–Crippen LogP) is 7.69. The number of para-hydroxylation sites is 2. The van der Waals surface area contributed by atoms with Crippen molar-refractivity contribution in [2.75, 3.05) is 0 Å². The number of rotatable bonds is 16. The summed E-state index contributed by atoms with van der Waals surface area (Å²) in [4.78, 5) is 62.2. The summed E-state index contributed by atoms with van der Waals surface area (Å²) in [5, 5.41) is 7.53. The van der Waals surface area contributed by atoms with Gasteiger partial charge in [-0.3, -0.25) is 9.59 Å². The highest BCUT2D eigenvalue weighted by Gasteiger charge is 2.52. The van der Waals surface area contributed by atoms with E-state index in [1.807, 2.05) is 137 Å². The quantitative estimate of drug-likeness (QED) is 0.0723. The van der Waals surface area contributed by atoms with Gasteiger partial charge in [-0.2, -0.15) is 0 Å². The number of benzene rings is 4. The summed E-state index contributed by atoms with van der Waals surface area (Å²) in [7, 11) is 0. The Labute approximate surface area is 355 Å². The normalized spacial score (nSPS) is 18.1. The van der Waals surface area contributed by atoms with Gasteiger partial charge in [0.2, 0.25) is 0 Å². The van der Waals surface area contributed by atoms with E-state index in [4.69, 9.17) is 18.9 Å². The van der Waals surface area contributed by atoms with E-state index in [9.17, 15) is 19.2 Å². The van der Waals surface area contributed by atoms with Gasteiger partial charge >= 0.3 is 11.9 Å². The molecule has 2 amide bonds. The number of carbonyl (C=O) groups is 4. The topological polar surface area (TPSA) is 161 Å². The van der Waals surface area contributed by atoms with Gasteiger partial charge in [0.15, 0.2) is 5.79 Å². The van der Waals surface area contributed by atoms with Crippen molar-refractivity contribution in [3.8, 4) is 0 Å². The van der Waals surface area contributed by atoms with Gasteiger partial charge in [-0.05, 0) is 61.1 Å². The SMILES string of the molecule is CC(C)[C@H](NC(=O)c1cc2ccccc2[nH]1)C(=O)O[C@@H](Cc1ccccc1)[C@H]1OC(C)(C)O[C@@H]1[C@H](Cc1ccccc1)OC(=O)[C@@H](NC(=O)c1cc2ccccc2[nH]1)C(C)C. The Balaban J connectivity index is 1.17. The Bertz CT molecular complexity index is 2220. The molecule has 4 N–H and O–H groups in total. The van der Waals surface area contributed by atoms with Crippen molar-refractivity contribution in [2.45, 2.75) is 96.7 Å². The van der Waals surface area contributed by atoms with Gasteiger partial charge in [0.1, 0.15) is 47.9 Å². The molecule has 0 bridgehead atoms. The van der Waals surface area contributed by atoms with Crippen molar-refractivity contribution in [1.29, 1.82) is 0 Å². The van der Waals surface area contributed by atoms with Crippen LogP contribution in [-0.2, 0) is 41.4 Å². The molecular weight excluding hydrogens is 773 g/mol. The molecular formula is C49H54N4O8. The van der Waals surface area contributed by atoms with Gasteiger partial charge in [-0.15, -0.1) is 0 Å². The molecule has 61 heavy (non-hydrogen) atoms. The first-order valence-corrected chi connectivity index (χ1v) is 20.9. The first-order chi connectivity index (χ1) is 29.2. The molecule has 7 rings (SSSR count). The molecule has 12 heteroatoms. The highest BCUT2D eigenvalue weighted by atomic mass is 16.8. The third-order valence-corrected chi connectivity index (χ3v) is 11.0. The monoisotopic (exact) mass is 826 g/mol. The van der Waals surface area contributed by atoms with E-state index < -0.39 is 66.0 Å². The summed E-state index contributed by atoms with van der Waals surface area (Å²) in [5.41, 5.74) is 3.97. The molecule has 318 valence electrons. The maximum absolute atomic E-state index is 14.4. The van der Waals surface area contributed by atoms with Crippen LogP contribution in [0.25, 0.3) is 21.8 Å². The van der Waals surface area contributed by atoms with Gasteiger partial charge < -0.3 is 39.5 Å². The van der Waals surface area contributed by atoms with E-state index in [0.717, 1.165) is 32.9 Å². The van der Waals surface area contributed by atoms with Gasteiger partial charge in [-0.1, -0.05) is 125 Å². The minimum Gasteiger partial charge on any atom is -0.458 e. The molecule has 2 aromatic heterocycles. The molecule has 0 unspecified atom stereocenters. The van der Waals surface area contributed by atoms with Crippen LogP contribution in [0.4, 0.5) is 0 Å². The number of amides is 2. The number of ether oxygens (including phenoxy) is 4. The number of nitrogens with one attached hydrogen (secondary N) is 4. The second kappa shape index (κ2) is 18.6. The Hall–Kier alpha value is -6.24. The van der Waals surface area contributed by atoms with E-state index in [0.29, 0.717) is 11.4 Å². The fraction of sp³-hybridized carbons (Fsp3) is 0.347. The Morgan fingerprint density at radius 3 is 1.30 bits per heavy atom. The Morgan fingerprint density at radius 1 is 0.574 bits per heavy atom. The van der Waals surface area contributed by atoms with Crippen LogP contribution in [0.2, 0.25) is 0 Å². The van der Waals surface area contributed by atoms with Crippen LogP contribution in [-0.4, -0.2) is 76.0 Å². The Morgan fingerprint density at radius 2 is 0.934 bits per heavy atom. The standard InChI is InChI=1S/C49H54N4O8/c1-29(2)41(52-45(54)37-27-33-21-13-15-23-35(33)50-37)47(56)58-39(25-31-17-9-7-10-18-31)43-44(61-49(5,6)60-43)40(26-32-19-11-8-12-20-32)59-48(57)42(30(3)4)53-46(55)38-28-34-22-14-16-24-36(34)51-38/h7-24,27-30,39-44,50-51H,25-26H2,1-6H3,(H,52,54)(H,53,55)/t39-,40-,41-,42-,43+,44+/m0/s1. The van der Waals surface area contributed by atoms with Crippen molar-refractivity contribution in [3.05, 3.63) is 144 Å². The molecule has 1 saturated heterocycles. The molecule has 1 fully saturated rings. The molecule has 1 aliphatic heterocycles. The first kappa shape index (κ1) is 42.9. The zero-order valence-corrected chi connectivity index (χ0v) is 35.3. The number of esters is 2. The van der Waals surface area contributed by atoms with Crippen LogP contribution in [0, 0.1) is 11.8 Å². The number of fused-ring (bicyclic) bond motifs is 2. The second-order valence-electron chi connectivity index (χ2n) is 16.8. The average molecular weight is 827 g/mol. The van der Waals surface area contributed by atoms with Crippen molar-refractivity contribution in [1.82, 2.24) is 20.6 Å². The van der Waals surface area contributed by atoms with E-state index in [1.54, 1.807) is 26.0 Å². The number of aromatic nitrogens is 2. The highest BCUT2D eigenvalue weighted by Crippen LogP contribution is 2.36. The van der Waals surface area contributed by atoms with E-state index >= 15 is 0 Å². The highest BCUT2D eigenvalue weighted by molar-refractivity contribution is 6.00. The number of hydrogen-bond acceptors (Lipinski definition) is 8. The molecule has 1 aliphatic rings. The third-order valence-electron chi connectivity index (χ3n) is 11.0. The maximum atomic E-state index is 14.4. The molecule has 0 radical (unpaired) electrons. The largest absolute Gasteiger partial charge is 0.458 e. The summed E-state index contributed by atoms with van der Waals surface area (Å²) in [6, 6.07) is 35.7. The summed E-state index contributed by atoms with van der Waals surface area (Å²) in [6.45, 7) is 10.9. The van der Waals surface area contributed by atoms with Crippen molar-refractivity contribution >= 4 is 45.6 Å². The zero-order valence-electron chi connectivity index (χ0n) is 35.3. The molecule has 6 aromatic rings. The van der Waals surface area contributed by atoms with Gasteiger partial charge in [-0.25, -0.2) is 9.59 Å². The van der Waals surface area contributed by atoms with Crippen LogP contribution < -0.4 is 10.6 Å². The predicted molar refractivity (Wildman–Crippen MR) is 233 cm³/mol. The van der Waals surface area contributed by atoms with E-state index in [2.05, 4.69) is 20.6 Å².